The summed E-state index contributed by atoms with van der Waals surface area (Å²) in [6, 6.07) is 9.41. The first kappa shape index (κ1) is 20.5. The van der Waals surface area contributed by atoms with E-state index >= 15 is 0 Å². The number of furan rings is 1. The Morgan fingerprint density at radius 2 is 1.96 bits per heavy atom. The largest absolute Gasteiger partial charge is 0.467 e. The van der Waals surface area contributed by atoms with Crippen LogP contribution in [0.5, 0.6) is 0 Å². The molecule has 1 aromatic carbocycles. The monoisotopic (exact) mass is 401 g/mol. The van der Waals surface area contributed by atoms with Crippen LogP contribution >= 0.6 is 11.8 Å². The van der Waals surface area contributed by atoms with Crippen molar-refractivity contribution >= 4 is 23.6 Å². The first-order valence-corrected chi connectivity index (χ1v) is 10.3. The van der Waals surface area contributed by atoms with E-state index in [0.717, 1.165) is 16.9 Å². The van der Waals surface area contributed by atoms with Crippen LogP contribution in [0.15, 0.2) is 44.7 Å². The predicted molar refractivity (Wildman–Crippen MR) is 109 cm³/mol. The van der Waals surface area contributed by atoms with Crippen molar-refractivity contribution in [2.45, 2.75) is 62.0 Å². The van der Waals surface area contributed by atoms with Gasteiger partial charge in [0.05, 0.1) is 7.11 Å². The van der Waals surface area contributed by atoms with Crippen LogP contribution in [0, 0.1) is 6.92 Å². The summed E-state index contributed by atoms with van der Waals surface area (Å²) in [6.07, 6.45) is 1.41. The molecule has 1 atom stereocenters. The molecule has 6 heteroatoms. The third-order valence-corrected chi connectivity index (χ3v) is 6.12. The fourth-order valence-electron chi connectivity index (χ4n) is 3.31. The van der Waals surface area contributed by atoms with E-state index in [0.29, 0.717) is 18.1 Å². The molecule has 0 aliphatic carbocycles. The zero-order chi connectivity index (χ0) is 20.5. The van der Waals surface area contributed by atoms with Gasteiger partial charge < -0.3 is 14.1 Å². The van der Waals surface area contributed by atoms with E-state index < -0.39 is 6.04 Å². The molecule has 1 saturated heterocycles. The first-order valence-electron chi connectivity index (χ1n) is 9.48. The minimum Gasteiger partial charge on any atom is -0.467 e. The molecular formula is C22H27NO4S. The van der Waals surface area contributed by atoms with Crippen molar-refractivity contribution < 1.29 is 18.7 Å². The molecule has 0 saturated carbocycles. The molecule has 1 unspecified atom stereocenters. The van der Waals surface area contributed by atoms with Crippen LogP contribution in [0.4, 0.5) is 0 Å². The Morgan fingerprint density at radius 3 is 2.64 bits per heavy atom. The molecular weight excluding hydrogens is 374 g/mol. The SMILES string of the molecule is COC(=O)C1CCCN1C(=O)c1ccc(Sc2cc(C(C)(C)C)ccc2C)o1. The first-order chi connectivity index (χ1) is 13.2. The molecule has 0 bridgehead atoms. The van der Waals surface area contributed by atoms with Gasteiger partial charge >= 0.3 is 5.97 Å². The topological polar surface area (TPSA) is 59.8 Å². The lowest BCUT2D eigenvalue weighted by Gasteiger charge is -2.21. The summed E-state index contributed by atoms with van der Waals surface area (Å²) >= 11 is 1.51. The molecule has 1 aromatic heterocycles. The van der Waals surface area contributed by atoms with Crippen LogP contribution in [0.3, 0.4) is 0 Å². The van der Waals surface area contributed by atoms with Crippen molar-refractivity contribution in [1.82, 2.24) is 4.90 Å². The van der Waals surface area contributed by atoms with Gasteiger partial charge in [-0.25, -0.2) is 4.79 Å². The van der Waals surface area contributed by atoms with Crippen molar-refractivity contribution in [3.05, 3.63) is 47.2 Å². The zero-order valence-electron chi connectivity index (χ0n) is 17.1. The Hall–Kier alpha value is -2.21. The quantitative estimate of drug-likeness (QED) is 0.688. The molecule has 2 heterocycles. The molecule has 2 aromatic rings. The average Bonchev–Trinajstić information content (AvgIpc) is 3.31. The van der Waals surface area contributed by atoms with Gasteiger partial charge in [0, 0.05) is 11.4 Å². The van der Waals surface area contributed by atoms with Gasteiger partial charge in [-0.1, -0.05) is 44.7 Å². The van der Waals surface area contributed by atoms with Crippen LogP contribution in [0.1, 0.15) is 55.3 Å². The molecule has 3 rings (SSSR count). The Kier molecular flexibility index (Phi) is 5.89. The number of rotatable bonds is 4. The Bertz CT molecular complexity index is 881. The summed E-state index contributed by atoms with van der Waals surface area (Å²) in [7, 11) is 1.35. The number of likely N-dealkylation sites (tertiary alicyclic amines) is 1. The number of benzene rings is 1. The van der Waals surface area contributed by atoms with Gasteiger partial charge in [0.15, 0.2) is 10.9 Å². The molecule has 150 valence electrons. The normalized spacial score (nSPS) is 17.0. The smallest absolute Gasteiger partial charge is 0.328 e. The highest BCUT2D eigenvalue weighted by molar-refractivity contribution is 7.99. The lowest BCUT2D eigenvalue weighted by Crippen LogP contribution is -2.40. The summed E-state index contributed by atoms with van der Waals surface area (Å²) < 4.78 is 10.6. The summed E-state index contributed by atoms with van der Waals surface area (Å²) in [5.74, 6) is -0.385. The molecule has 0 spiro atoms. The van der Waals surface area contributed by atoms with Crippen LogP contribution < -0.4 is 0 Å². The van der Waals surface area contributed by atoms with E-state index in [1.165, 1.54) is 24.4 Å². The van der Waals surface area contributed by atoms with Crippen LogP contribution in [0.25, 0.3) is 0 Å². The van der Waals surface area contributed by atoms with Gasteiger partial charge in [-0.3, -0.25) is 4.79 Å². The van der Waals surface area contributed by atoms with Crippen molar-refractivity contribution in [1.29, 1.82) is 0 Å². The minimum absolute atomic E-state index is 0.0615. The van der Waals surface area contributed by atoms with Gasteiger partial charge in [0.2, 0.25) is 0 Å². The van der Waals surface area contributed by atoms with E-state index in [1.54, 1.807) is 11.0 Å². The molecule has 0 radical (unpaired) electrons. The van der Waals surface area contributed by atoms with E-state index in [4.69, 9.17) is 9.15 Å². The Labute approximate surface area is 170 Å². The second kappa shape index (κ2) is 8.03. The number of carbonyl (C=O) groups excluding carboxylic acids is 2. The fraction of sp³-hybridized carbons (Fsp3) is 0.455. The van der Waals surface area contributed by atoms with Crippen LogP contribution in [-0.4, -0.2) is 36.5 Å². The molecule has 1 aliphatic heterocycles. The maximum absolute atomic E-state index is 12.8. The third-order valence-electron chi connectivity index (χ3n) is 5.04. The average molecular weight is 402 g/mol. The van der Waals surface area contributed by atoms with Crippen LogP contribution in [0.2, 0.25) is 0 Å². The van der Waals surface area contributed by atoms with Gasteiger partial charge in [-0.15, -0.1) is 0 Å². The van der Waals surface area contributed by atoms with Gasteiger partial charge in [0.1, 0.15) is 6.04 Å². The van der Waals surface area contributed by atoms with E-state index in [1.807, 2.05) is 6.07 Å². The summed E-state index contributed by atoms with van der Waals surface area (Å²) in [6.45, 7) is 9.15. The summed E-state index contributed by atoms with van der Waals surface area (Å²) in [5.41, 5.74) is 2.47. The fourth-order valence-corrected chi connectivity index (χ4v) is 4.21. The van der Waals surface area contributed by atoms with Crippen molar-refractivity contribution in [3.63, 3.8) is 0 Å². The lowest BCUT2D eigenvalue weighted by atomic mass is 9.87. The maximum atomic E-state index is 12.8. The molecule has 1 amide bonds. The number of hydrogen-bond acceptors (Lipinski definition) is 5. The highest BCUT2D eigenvalue weighted by atomic mass is 32.2. The minimum atomic E-state index is -0.524. The Morgan fingerprint density at radius 1 is 1.21 bits per heavy atom. The molecule has 5 nitrogen and oxygen atoms in total. The standard InChI is InChI=1S/C22H27NO4S/c1-14-8-9-15(22(2,3)4)13-18(14)28-19-11-10-17(27-19)20(24)23-12-6-7-16(23)21(25)26-5/h8-11,13,16H,6-7,12H2,1-5H3. The second-order valence-electron chi connectivity index (χ2n) is 8.13. The molecule has 28 heavy (non-hydrogen) atoms. The van der Waals surface area contributed by atoms with E-state index in [9.17, 15) is 9.59 Å². The number of carbonyl (C=O) groups is 2. The van der Waals surface area contributed by atoms with Gasteiger partial charge in [-0.05, 0) is 54.5 Å². The van der Waals surface area contributed by atoms with Crippen molar-refractivity contribution in [2.24, 2.45) is 0 Å². The van der Waals surface area contributed by atoms with Crippen LogP contribution in [-0.2, 0) is 14.9 Å². The third kappa shape index (κ3) is 4.27. The Balaban J connectivity index is 1.78. The number of hydrogen-bond donors (Lipinski definition) is 0. The molecule has 1 aliphatic rings. The van der Waals surface area contributed by atoms with Crippen molar-refractivity contribution in [3.8, 4) is 0 Å². The highest BCUT2D eigenvalue weighted by Crippen LogP contribution is 2.35. The molecule has 1 fully saturated rings. The molecule has 0 N–H and O–H groups in total. The number of ether oxygens (including phenoxy) is 1. The van der Waals surface area contributed by atoms with E-state index in [-0.39, 0.29) is 23.1 Å². The number of aryl methyl sites for hydroxylation is 1. The highest BCUT2D eigenvalue weighted by Gasteiger charge is 2.36. The lowest BCUT2D eigenvalue weighted by molar-refractivity contribution is -0.145. The van der Waals surface area contributed by atoms with Crippen molar-refractivity contribution in [2.75, 3.05) is 13.7 Å². The summed E-state index contributed by atoms with van der Waals surface area (Å²) in [5, 5.41) is 0.659. The number of amides is 1. The van der Waals surface area contributed by atoms with Gasteiger partial charge in [0.25, 0.3) is 5.91 Å². The number of nitrogens with zero attached hydrogens (tertiary/aromatic N) is 1. The summed E-state index contributed by atoms with van der Waals surface area (Å²) in [4.78, 5) is 27.4. The van der Waals surface area contributed by atoms with Gasteiger partial charge in [-0.2, -0.15) is 0 Å². The predicted octanol–water partition coefficient (Wildman–Crippen LogP) is 4.81. The maximum Gasteiger partial charge on any atom is 0.328 e. The number of esters is 1. The zero-order valence-corrected chi connectivity index (χ0v) is 17.9. The second-order valence-corrected chi connectivity index (χ2v) is 9.18. The van der Waals surface area contributed by atoms with E-state index in [2.05, 4.69) is 45.9 Å². The number of methoxy groups -OCH3 is 1.